The predicted octanol–water partition coefficient (Wildman–Crippen LogP) is 3.44. The molecule has 2 fully saturated rings. The molecule has 4 aromatic rings. The van der Waals surface area contributed by atoms with Crippen molar-refractivity contribution in [3.63, 3.8) is 0 Å². The maximum absolute atomic E-state index is 14.2. The molecular formula is C36H43N7O6S. The molecular weight excluding hydrogens is 659 g/mol. The Kier molecular flexibility index (Phi) is 10.8. The van der Waals surface area contributed by atoms with Gasteiger partial charge in [-0.2, -0.15) is 0 Å². The minimum absolute atomic E-state index is 0.0251. The Morgan fingerprint density at radius 1 is 0.940 bits per heavy atom. The van der Waals surface area contributed by atoms with Crippen LogP contribution in [0.1, 0.15) is 54.8 Å². The van der Waals surface area contributed by atoms with E-state index in [4.69, 9.17) is 9.47 Å². The zero-order valence-electron chi connectivity index (χ0n) is 28.8. The molecule has 2 aromatic heterocycles. The summed E-state index contributed by atoms with van der Waals surface area (Å²) in [4.78, 5) is 68.0. The second kappa shape index (κ2) is 15.4. The minimum atomic E-state index is -1.69. The Balaban J connectivity index is 1.16. The van der Waals surface area contributed by atoms with Crippen LogP contribution in [0.15, 0.2) is 53.9 Å². The third-order valence-corrected chi connectivity index (χ3v) is 10.1. The van der Waals surface area contributed by atoms with Crippen LogP contribution in [-0.4, -0.2) is 100 Å². The van der Waals surface area contributed by atoms with Crippen LogP contribution in [0.25, 0.3) is 11.0 Å². The van der Waals surface area contributed by atoms with Gasteiger partial charge in [-0.05, 0) is 56.6 Å². The monoisotopic (exact) mass is 701 g/mol. The van der Waals surface area contributed by atoms with E-state index < -0.39 is 36.0 Å². The number of carbonyl (C=O) groups excluding carboxylic acids is 4. The van der Waals surface area contributed by atoms with Crippen LogP contribution in [-0.2, 0) is 41.7 Å². The van der Waals surface area contributed by atoms with Crippen LogP contribution in [0.5, 0.6) is 0 Å². The Morgan fingerprint density at radius 3 is 2.44 bits per heavy atom. The van der Waals surface area contributed by atoms with Gasteiger partial charge in [-0.25, -0.2) is 9.97 Å². The first kappa shape index (κ1) is 35.0. The number of hydrogen-bond donors (Lipinski definition) is 1. The van der Waals surface area contributed by atoms with Gasteiger partial charge in [0.05, 0.1) is 35.9 Å². The number of fused-ring (bicyclic) bond motifs is 1. The molecule has 4 heterocycles. The van der Waals surface area contributed by atoms with Gasteiger partial charge in [0.15, 0.2) is 0 Å². The molecule has 13 nitrogen and oxygen atoms in total. The zero-order valence-corrected chi connectivity index (χ0v) is 29.6. The summed E-state index contributed by atoms with van der Waals surface area (Å²) in [6.45, 7) is 8.93. The van der Waals surface area contributed by atoms with Gasteiger partial charge in [-0.1, -0.05) is 24.3 Å². The standard InChI is InChI=1S/C36H43N7O6S/c1-23-38-29-11-5-6-12-31(29)43(23)21-27-22-50-32(39-27)20-37-35(46)33(48-24(2)44)34(49-25(3)45)36(47)42-14-8-13-30(42)26-9-7-10-28(19-26)41-17-15-40(4)16-18-41/h5-7,9-12,19,22,30,33-34H,8,13-18,20-21H2,1-4H3,(H,37,46)/t30?,33-,34-/m1/s1. The molecule has 0 radical (unpaired) electrons. The average molecular weight is 702 g/mol. The van der Waals surface area contributed by atoms with Crippen LogP contribution in [0.3, 0.4) is 0 Å². The first-order valence-electron chi connectivity index (χ1n) is 16.9. The Bertz CT molecular complexity index is 1870. The molecule has 50 heavy (non-hydrogen) atoms. The lowest BCUT2D eigenvalue weighted by Crippen LogP contribution is -2.53. The van der Waals surface area contributed by atoms with Crippen molar-refractivity contribution in [3.05, 3.63) is 76.0 Å². The predicted molar refractivity (Wildman–Crippen MR) is 188 cm³/mol. The number of benzene rings is 2. The summed E-state index contributed by atoms with van der Waals surface area (Å²) in [5, 5.41) is 5.28. The number of nitrogens with zero attached hydrogens (tertiary/aromatic N) is 6. The van der Waals surface area contributed by atoms with E-state index in [1.54, 1.807) is 4.90 Å². The fourth-order valence-corrected chi connectivity index (χ4v) is 7.43. The van der Waals surface area contributed by atoms with Gasteiger partial charge in [0, 0.05) is 57.6 Å². The summed E-state index contributed by atoms with van der Waals surface area (Å²) in [7, 11) is 2.11. The Morgan fingerprint density at radius 2 is 1.68 bits per heavy atom. The van der Waals surface area contributed by atoms with Crippen LogP contribution in [0, 0.1) is 6.92 Å². The molecule has 1 unspecified atom stereocenters. The van der Waals surface area contributed by atoms with Crippen molar-refractivity contribution >= 4 is 51.8 Å². The van der Waals surface area contributed by atoms with Gasteiger partial charge in [0.1, 0.15) is 10.8 Å². The van der Waals surface area contributed by atoms with Crippen molar-refractivity contribution in [2.24, 2.45) is 0 Å². The maximum Gasteiger partial charge on any atom is 0.303 e. The van der Waals surface area contributed by atoms with Crippen LogP contribution < -0.4 is 10.2 Å². The summed E-state index contributed by atoms with van der Waals surface area (Å²) < 4.78 is 13.0. The summed E-state index contributed by atoms with van der Waals surface area (Å²) >= 11 is 1.37. The highest BCUT2D eigenvalue weighted by Crippen LogP contribution is 2.35. The Hall–Kier alpha value is -4.82. The van der Waals surface area contributed by atoms with E-state index in [2.05, 4.69) is 48.8 Å². The number of amides is 2. The molecule has 0 bridgehead atoms. The van der Waals surface area contributed by atoms with Crippen molar-refractivity contribution in [3.8, 4) is 0 Å². The highest BCUT2D eigenvalue weighted by molar-refractivity contribution is 7.09. The number of likely N-dealkylation sites (N-methyl/N-ethyl adjacent to an activating group) is 1. The summed E-state index contributed by atoms with van der Waals surface area (Å²) in [5.74, 6) is -2.04. The molecule has 3 atom stereocenters. The topological polar surface area (TPSA) is 139 Å². The lowest BCUT2D eigenvalue weighted by Gasteiger charge is -2.35. The normalized spacial score (nSPS) is 17.8. The lowest BCUT2D eigenvalue weighted by molar-refractivity contribution is -0.178. The van der Waals surface area contributed by atoms with Crippen molar-refractivity contribution in [1.82, 2.24) is 29.7 Å². The second-order valence-corrected chi connectivity index (χ2v) is 13.8. The number of nitrogens with one attached hydrogen (secondary N) is 1. The van der Waals surface area contributed by atoms with E-state index in [1.807, 2.05) is 48.7 Å². The molecule has 2 amide bonds. The van der Waals surface area contributed by atoms with Gasteiger partial charge < -0.3 is 34.1 Å². The number of imidazole rings is 1. The number of piperazine rings is 1. The number of rotatable bonds is 11. The van der Waals surface area contributed by atoms with E-state index in [9.17, 15) is 19.2 Å². The average Bonchev–Trinajstić information content (AvgIpc) is 3.84. The first-order chi connectivity index (χ1) is 24.1. The van der Waals surface area contributed by atoms with E-state index in [0.29, 0.717) is 24.5 Å². The minimum Gasteiger partial charge on any atom is -0.448 e. The third kappa shape index (κ3) is 7.97. The number of aromatic nitrogens is 3. The number of anilines is 1. The molecule has 6 rings (SSSR count). The number of aryl methyl sites for hydroxylation is 1. The van der Waals surface area contributed by atoms with Crippen molar-refractivity contribution in [1.29, 1.82) is 0 Å². The highest BCUT2D eigenvalue weighted by Gasteiger charge is 2.44. The fourth-order valence-electron chi connectivity index (χ4n) is 6.71. The molecule has 2 aliphatic rings. The number of ether oxygens (including phenoxy) is 2. The van der Waals surface area contributed by atoms with Gasteiger partial charge in [-0.3, -0.25) is 19.2 Å². The number of thiazole rings is 1. The Labute approximate surface area is 295 Å². The third-order valence-electron chi connectivity index (χ3n) is 9.20. The molecule has 1 N–H and O–H groups in total. The zero-order chi connectivity index (χ0) is 35.4. The first-order valence-corrected chi connectivity index (χ1v) is 17.8. The van der Waals surface area contributed by atoms with Crippen molar-refractivity contribution in [2.75, 3.05) is 44.7 Å². The maximum atomic E-state index is 14.2. The summed E-state index contributed by atoms with van der Waals surface area (Å²) in [6, 6.07) is 15.8. The number of esters is 2. The number of hydrogen-bond acceptors (Lipinski definition) is 11. The summed E-state index contributed by atoms with van der Waals surface area (Å²) in [6.07, 6.45) is -1.92. The number of para-hydroxylation sites is 2. The van der Waals surface area contributed by atoms with Crippen molar-refractivity contribution in [2.45, 2.75) is 65.0 Å². The fraction of sp³-hybridized carbons (Fsp3) is 0.444. The summed E-state index contributed by atoms with van der Waals surface area (Å²) in [5.41, 5.74) is 4.75. The molecule has 2 aromatic carbocycles. The lowest BCUT2D eigenvalue weighted by atomic mass is 10.0. The number of carbonyl (C=O) groups is 4. The van der Waals surface area contributed by atoms with Gasteiger partial charge in [-0.15, -0.1) is 11.3 Å². The van der Waals surface area contributed by atoms with Crippen LogP contribution in [0.4, 0.5) is 5.69 Å². The largest absolute Gasteiger partial charge is 0.448 e. The van der Waals surface area contributed by atoms with Gasteiger partial charge in [0.25, 0.3) is 11.8 Å². The second-order valence-electron chi connectivity index (χ2n) is 12.8. The number of likely N-dealkylation sites (tertiary alicyclic amines) is 1. The smallest absolute Gasteiger partial charge is 0.303 e. The molecule has 0 saturated carbocycles. The molecule has 2 aliphatic heterocycles. The highest BCUT2D eigenvalue weighted by atomic mass is 32.1. The molecule has 0 aliphatic carbocycles. The van der Waals surface area contributed by atoms with Crippen LogP contribution in [0.2, 0.25) is 0 Å². The van der Waals surface area contributed by atoms with Gasteiger partial charge >= 0.3 is 11.9 Å². The van der Waals surface area contributed by atoms with E-state index >= 15 is 0 Å². The molecule has 14 heteroatoms. The molecule has 2 saturated heterocycles. The van der Waals surface area contributed by atoms with E-state index in [-0.39, 0.29) is 12.6 Å². The molecule has 264 valence electrons. The van der Waals surface area contributed by atoms with Gasteiger partial charge in [0.2, 0.25) is 12.2 Å². The van der Waals surface area contributed by atoms with Crippen LogP contribution >= 0.6 is 11.3 Å². The van der Waals surface area contributed by atoms with Crippen molar-refractivity contribution < 1.29 is 28.7 Å². The SMILES string of the molecule is CC(=O)O[C@@H](C(=O)NCc1nc(Cn2c(C)nc3ccccc32)cs1)[C@@H](OC(C)=O)C(=O)N1CCCC1c1cccc(N2CCN(C)CC2)c1. The quantitative estimate of drug-likeness (QED) is 0.232. The van der Waals surface area contributed by atoms with E-state index in [0.717, 1.165) is 80.2 Å². The van der Waals surface area contributed by atoms with E-state index in [1.165, 1.54) is 11.3 Å². The molecule has 0 spiro atoms.